The summed E-state index contributed by atoms with van der Waals surface area (Å²) in [6, 6.07) is 6.11. The van der Waals surface area contributed by atoms with Crippen LogP contribution < -0.4 is 11.1 Å². The van der Waals surface area contributed by atoms with Gasteiger partial charge in [-0.3, -0.25) is 9.78 Å². The fourth-order valence-corrected chi connectivity index (χ4v) is 1.90. The van der Waals surface area contributed by atoms with Gasteiger partial charge in [-0.15, -0.1) is 0 Å². The van der Waals surface area contributed by atoms with Crippen molar-refractivity contribution in [2.45, 2.75) is 6.54 Å². The minimum atomic E-state index is -0.515. The molecule has 23 heavy (non-hydrogen) atoms. The number of carbonyl (C=O) groups is 1. The summed E-state index contributed by atoms with van der Waals surface area (Å²) < 4.78 is 18.6. The molecule has 1 amide bonds. The predicted octanol–water partition coefficient (Wildman–Crippen LogP) is 1.78. The van der Waals surface area contributed by atoms with Crippen molar-refractivity contribution in [3.63, 3.8) is 0 Å². The third-order valence-corrected chi connectivity index (χ3v) is 3.06. The number of hydrogen-bond acceptors (Lipinski definition) is 6. The molecule has 3 heterocycles. The van der Waals surface area contributed by atoms with E-state index in [-0.39, 0.29) is 29.4 Å². The van der Waals surface area contributed by atoms with E-state index >= 15 is 0 Å². The third-order valence-electron chi connectivity index (χ3n) is 3.06. The first-order chi connectivity index (χ1) is 11.1. The van der Waals surface area contributed by atoms with E-state index in [1.165, 1.54) is 30.8 Å². The molecule has 0 aliphatic rings. The largest absolute Gasteiger partial charge is 0.461 e. The smallest absolute Gasteiger partial charge is 0.256 e. The molecule has 3 rings (SSSR count). The number of aromatic nitrogens is 3. The molecule has 0 saturated heterocycles. The van der Waals surface area contributed by atoms with Gasteiger partial charge in [0.05, 0.1) is 24.1 Å². The van der Waals surface area contributed by atoms with Crippen molar-refractivity contribution in [3.8, 4) is 11.6 Å². The first-order valence-corrected chi connectivity index (χ1v) is 6.69. The van der Waals surface area contributed by atoms with Crippen molar-refractivity contribution in [1.82, 2.24) is 20.3 Å². The molecule has 0 aliphatic heterocycles. The molecule has 0 radical (unpaired) electrons. The average Bonchev–Trinajstić information content (AvgIpc) is 3.08. The summed E-state index contributed by atoms with van der Waals surface area (Å²) in [5.41, 5.74) is 6.01. The van der Waals surface area contributed by atoms with Crippen LogP contribution in [0.3, 0.4) is 0 Å². The van der Waals surface area contributed by atoms with Crippen LogP contribution in [0.15, 0.2) is 47.3 Å². The van der Waals surface area contributed by atoms with Crippen LogP contribution in [0.5, 0.6) is 0 Å². The van der Waals surface area contributed by atoms with Crippen LogP contribution in [0.1, 0.15) is 16.1 Å². The summed E-state index contributed by atoms with van der Waals surface area (Å²) in [5, 5.41) is 2.53. The number of nitrogens with one attached hydrogen (secondary N) is 1. The average molecular weight is 313 g/mol. The Morgan fingerprint density at radius 2 is 2.17 bits per heavy atom. The van der Waals surface area contributed by atoms with E-state index in [1.807, 2.05) is 0 Å². The van der Waals surface area contributed by atoms with Crippen LogP contribution in [0.4, 0.5) is 10.2 Å². The van der Waals surface area contributed by atoms with Crippen molar-refractivity contribution < 1.29 is 13.6 Å². The molecule has 116 valence electrons. The monoisotopic (exact) mass is 313 g/mol. The molecule has 3 aromatic rings. The molecule has 0 bridgehead atoms. The van der Waals surface area contributed by atoms with Gasteiger partial charge in [0.25, 0.3) is 5.91 Å². The Bertz CT molecular complexity index is 836. The summed E-state index contributed by atoms with van der Waals surface area (Å²) in [5.74, 6) is -0.284. The molecule has 3 N–H and O–H groups in total. The molecule has 0 aromatic carbocycles. The molecule has 3 aromatic heterocycles. The van der Waals surface area contributed by atoms with Gasteiger partial charge in [0.15, 0.2) is 11.6 Å². The lowest BCUT2D eigenvalue weighted by Gasteiger charge is -2.07. The summed E-state index contributed by atoms with van der Waals surface area (Å²) in [6.45, 7) is -0.0646. The summed E-state index contributed by atoms with van der Waals surface area (Å²) >= 11 is 0. The van der Waals surface area contributed by atoms with E-state index in [0.717, 1.165) is 0 Å². The van der Waals surface area contributed by atoms with Gasteiger partial charge >= 0.3 is 0 Å². The third kappa shape index (κ3) is 3.15. The highest BCUT2D eigenvalue weighted by atomic mass is 19.1. The Balaban J connectivity index is 1.74. The summed E-state index contributed by atoms with van der Waals surface area (Å²) in [7, 11) is 0. The van der Waals surface area contributed by atoms with Crippen LogP contribution in [0.2, 0.25) is 0 Å². The lowest BCUT2D eigenvalue weighted by atomic mass is 10.2. The fraction of sp³-hybridized carbons (Fsp3) is 0.0667. The number of pyridine rings is 1. The van der Waals surface area contributed by atoms with Crippen molar-refractivity contribution in [2.75, 3.05) is 5.73 Å². The minimum absolute atomic E-state index is 0.00499. The van der Waals surface area contributed by atoms with Crippen molar-refractivity contribution in [3.05, 3.63) is 60.0 Å². The van der Waals surface area contributed by atoms with E-state index in [9.17, 15) is 9.18 Å². The number of anilines is 1. The Morgan fingerprint density at radius 1 is 1.30 bits per heavy atom. The topological polar surface area (TPSA) is 107 Å². The van der Waals surface area contributed by atoms with Gasteiger partial charge < -0.3 is 15.5 Å². The fourth-order valence-electron chi connectivity index (χ4n) is 1.90. The zero-order chi connectivity index (χ0) is 16.2. The van der Waals surface area contributed by atoms with E-state index in [4.69, 9.17) is 10.2 Å². The Labute approximate surface area is 130 Å². The highest BCUT2D eigenvalue weighted by Gasteiger charge is 2.15. The number of halogens is 1. The molecule has 0 saturated carbocycles. The van der Waals surface area contributed by atoms with Crippen LogP contribution in [-0.2, 0) is 6.54 Å². The minimum Gasteiger partial charge on any atom is -0.461 e. The first-order valence-electron chi connectivity index (χ1n) is 6.69. The van der Waals surface area contributed by atoms with E-state index in [1.54, 1.807) is 12.1 Å². The quantitative estimate of drug-likeness (QED) is 0.760. The molecule has 0 spiro atoms. The number of rotatable bonds is 4. The molecule has 0 unspecified atom stereocenters. The maximum absolute atomic E-state index is 13.5. The second-order valence-corrected chi connectivity index (χ2v) is 4.58. The lowest BCUT2D eigenvalue weighted by molar-refractivity contribution is 0.0950. The Morgan fingerprint density at radius 3 is 2.87 bits per heavy atom. The van der Waals surface area contributed by atoms with Gasteiger partial charge in [0.2, 0.25) is 0 Å². The van der Waals surface area contributed by atoms with Crippen LogP contribution in [-0.4, -0.2) is 20.9 Å². The normalized spacial score (nSPS) is 10.5. The van der Waals surface area contributed by atoms with Gasteiger partial charge in [-0.1, -0.05) is 0 Å². The zero-order valence-electron chi connectivity index (χ0n) is 11.9. The zero-order valence-corrected chi connectivity index (χ0v) is 11.9. The van der Waals surface area contributed by atoms with E-state index in [2.05, 4.69) is 20.3 Å². The standard InChI is InChI=1S/C15H12FN5O2/c16-10-3-1-5-18-11(10)8-20-15(22)9-7-19-14(21-13(9)17)12-4-2-6-23-12/h1-7H,8H2,(H,20,22)(H2,17,19,21). The Kier molecular flexibility index (Phi) is 3.96. The predicted molar refractivity (Wildman–Crippen MR) is 79.5 cm³/mol. The number of furan rings is 1. The van der Waals surface area contributed by atoms with Crippen molar-refractivity contribution >= 4 is 11.7 Å². The van der Waals surface area contributed by atoms with Crippen LogP contribution >= 0.6 is 0 Å². The number of nitrogens with zero attached hydrogens (tertiary/aromatic N) is 3. The molecule has 0 aliphatic carbocycles. The second-order valence-electron chi connectivity index (χ2n) is 4.58. The molecular weight excluding hydrogens is 301 g/mol. The molecule has 8 heteroatoms. The number of nitrogens with two attached hydrogens (primary N) is 1. The van der Waals surface area contributed by atoms with E-state index < -0.39 is 11.7 Å². The van der Waals surface area contributed by atoms with Gasteiger partial charge in [-0.25, -0.2) is 14.4 Å². The van der Waals surface area contributed by atoms with Crippen molar-refractivity contribution in [2.24, 2.45) is 0 Å². The van der Waals surface area contributed by atoms with Crippen LogP contribution in [0, 0.1) is 5.82 Å². The molecule has 0 fully saturated rings. The Hall–Kier alpha value is -3.29. The number of nitrogen functional groups attached to an aromatic ring is 1. The van der Waals surface area contributed by atoms with Gasteiger partial charge in [-0.2, -0.15) is 0 Å². The molecule has 0 atom stereocenters. The van der Waals surface area contributed by atoms with Gasteiger partial charge in [0, 0.05) is 12.4 Å². The second kappa shape index (κ2) is 6.22. The highest BCUT2D eigenvalue weighted by Crippen LogP contribution is 2.17. The SMILES string of the molecule is Nc1nc(-c2ccco2)ncc1C(=O)NCc1ncccc1F. The van der Waals surface area contributed by atoms with Crippen molar-refractivity contribution in [1.29, 1.82) is 0 Å². The number of hydrogen-bond donors (Lipinski definition) is 2. The number of carbonyl (C=O) groups excluding carboxylic acids is 1. The summed E-state index contributed by atoms with van der Waals surface area (Å²) in [6.07, 6.45) is 4.22. The van der Waals surface area contributed by atoms with Gasteiger partial charge in [-0.05, 0) is 24.3 Å². The number of amides is 1. The van der Waals surface area contributed by atoms with Gasteiger partial charge in [0.1, 0.15) is 11.6 Å². The molecular formula is C15H12FN5O2. The summed E-state index contributed by atoms with van der Waals surface area (Å²) in [4.78, 5) is 24.0. The highest BCUT2D eigenvalue weighted by molar-refractivity contribution is 5.98. The molecule has 7 nitrogen and oxygen atoms in total. The van der Waals surface area contributed by atoms with E-state index in [0.29, 0.717) is 5.76 Å². The lowest BCUT2D eigenvalue weighted by Crippen LogP contribution is -2.25. The van der Waals surface area contributed by atoms with Crippen LogP contribution in [0.25, 0.3) is 11.6 Å². The first kappa shape index (κ1) is 14.6. The maximum Gasteiger partial charge on any atom is 0.256 e. The maximum atomic E-state index is 13.5.